The molecule has 1 aromatic carbocycles. The monoisotopic (exact) mass is 244 g/mol. The Kier molecular flexibility index (Phi) is 3.28. The molecule has 0 aliphatic rings. The van der Waals surface area contributed by atoms with Crippen LogP contribution in [0.25, 0.3) is 0 Å². The average Bonchev–Trinajstić information content (AvgIpc) is 2.87. The molecule has 1 aromatic heterocycles. The first kappa shape index (κ1) is 12.1. The van der Waals surface area contributed by atoms with Crippen LogP contribution in [0.3, 0.4) is 0 Å². The molecule has 1 unspecified atom stereocenters. The first-order valence-electron chi connectivity index (χ1n) is 5.52. The molecule has 2 aromatic rings. The van der Waals surface area contributed by atoms with E-state index in [1.54, 1.807) is 24.3 Å². The summed E-state index contributed by atoms with van der Waals surface area (Å²) in [6.45, 7) is 1.51. The maximum absolute atomic E-state index is 12.0. The molecule has 0 spiro atoms. The van der Waals surface area contributed by atoms with Crippen LogP contribution < -0.4 is 0 Å². The lowest BCUT2D eigenvalue weighted by atomic mass is 10.1. The quantitative estimate of drug-likeness (QED) is 0.839. The smallest absolute Gasteiger partial charge is 0.313 e. The highest BCUT2D eigenvalue weighted by molar-refractivity contribution is 6.07. The zero-order valence-electron chi connectivity index (χ0n) is 9.79. The van der Waals surface area contributed by atoms with Gasteiger partial charge >= 0.3 is 5.97 Å². The second-order valence-corrected chi connectivity index (χ2v) is 3.96. The molecule has 2 rings (SSSR count). The van der Waals surface area contributed by atoms with Crippen molar-refractivity contribution in [2.75, 3.05) is 0 Å². The lowest BCUT2D eigenvalue weighted by molar-refractivity contribution is -0.138. The van der Waals surface area contributed by atoms with Crippen LogP contribution in [0, 0.1) is 0 Å². The fourth-order valence-corrected chi connectivity index (χ4v) is 1.56. The Balaban J connectivity index is 2.26. The molecule has 92 valence electrons. The molecular weight excluding hydrogens is 232 g/mol. The number of ketones is 1. The first-order chi connectivity index (χ1) is 8.59. The van der Waals surface area contributed by atoms with Crippen molar-refractivity contribution in [2.24, 2.45) is 0 Å². The van der Waals surface area contributed by atoms with Gasteiger partial charge in [0.25, 0.3) is 0 Å². The summed E-state index contributed by atoms with van der Waals surface area (Å²) in [5, 5.41) is 8.86. The zero-order chi connectivity index (χ0) is 13.1. The third-order valence-electron chi connectivity index (χ3n) is 2.68. The Bertz CT molecular complexity index is 568. The zero-order valence-corrected chi connectivity index (χ0v) is 9.79. The van der Waals surface area contributed by atoms with E-state index in [-0.39, 0.29) is 17.3 Å². The van der Waals surface area contributed by atoms with Crippen LogP contribution in [0.1, 0.15) is 34.7 Å². The standard InChI is InChI=1S/C14H12O4/c1-9(14(16)17)11-7-8-12(18-11)13(15)10-5-3-2-4-6-10/h2-9H,1H3,(H,16,17). The topological polar surface area (TPSA) is 67.5 Å². The fourth-order valence-electron chi connectivity index (χ4n) is 1.56. The molecule has 0 amide bonds. The third kappa shape index (κ3) is 2.32. The number of benzene rings is 1. The van der Waals surface area contributed by atoms with Crippen LogP contribution >= 0.6 is 0 Å². The molecule has 1 heterocycles. The molecular formula is C14H12O4. The van der Waals surface area contributed by atoms with Gasteiger partial charge in [0.15, 0.2) is 5.76 Å². The predicted octanol–water partition coefficient (Wildman–Crippen LogP) is 2.70. The molecule has 0 aliphatic heterocycles. The van der Waals surface area contributed by atoms with Crippen LogP contribution in [0.5, 0.6) is 0 Å². The maximum Gasteiger partial charge on any atom is 0.313 e. The summed E-state index contributed by atoms with van der Waals surface area (Å²) in [5.74, 6) is -1.56. The normalized spacial score (nSPS) is 12.1. The second kappa shape index (κ2) is 4.87. The molecule has 4 nitrogen and oxygen atoms in total. The Morgan fingerprint density at radius 1 is 1.11 bits per heavy atom. The van der Waals surface area contributed by atoms with E-state index in [1.165, 1.54) is 19.1 Å². The molecule has 4 heteroatoms. The molecule has 1 N–H and O–H groups in total. The second-order valence-electron chi connectivity index (χ2n) is 3.96. The van der Waals surface area contributed by atoms with Gasteiger partial charge in [-0.05, 0) is 19.1 Å². The van der Waals surface area contributed by atoms with E-state index < -0.39 is 11.9 Å². The van der Waals surface area contributed by atoms with Crippen molar-refractivity contribution in [3.05, 3.63) is 59.5 Å². The van der Waals surface area contributed by atoms with Gasteiger partial charge in [-0.25, -0.2) is 0 Å². The van der Waals surface area contributed by atoms with Gasteiger partial charge in [-0.1, -0.05) is 30.3 Å². The molecule has 0 saturated carbocycles. The molecule has 0 radical (unpaired) electrons. The van der Waals surface area contributed by atoms with Crippen molar-refractivity contribution in [3.63, 3.8) is 0 Å². The number of hydrogen-bond acceptors (Lipinski definition) is 3. The summed E-state index contributed by atoms with van der Waals surface area (Å²) >= 11 is 0. The Labute approximate surface area is 104 Å². The van der Waals surface area contributed by atoms with E-state index in [0.717, 1.165) is 0 Å². The summed E-state index contributed by atoms with van der Waals surface area (Å²) in [4.78, 5) is 22.8. The molecule has 1 atom stereocenters. The van der Waals surface area contributed by atoms with E-state index in [1.807, 2.05) is 6.07 Å². The van der Waals surface area contributed by atoms with Crippen molar-refractivity contribution in [3.8, 4) is 0 Å². The van der Waals surface area contributed by atoms with Gasteiger partial charge < -0.3 is 9.52 Å². The molecule has 0 aliphatic carbocycles. The Morgan fingerprint density at radius 2 is 1.78 bits per heavy atom. The fraction of sp³-hybridized carbons (Fsp3) is 0.143. The van der Waals surface area contributed by atoms with Crippen LogP contribution in [0.15, 0.2) is 46.9 Å². The summed E-state index contributed by atoms with van der Waals surface area (Å²) in [6, 6.07) is 11.7. The number of carboxylic acid groups (broad SMARTS) is 1. The lowest BCUT2D eigenvalue weighted by Gasteiger charge is -2.01. The highest BCUT2D eigenvalue weighted by atomic mass is 16.4. The summed E-state index contributed by atoms with van der Waals surface area (Å²) in [5.41, 5.74) is 0.515. The Hall–Kier alpha value is -2.36. The first-order valence-corrected chi connectivity index (χ1v) is 5.52. The van der Waals surface area contributed by atoms with E-state index in [4.69, 9.17) is 9.52 Å². The van der Waals surface area contributed by atoms with Crippen molar-refractivity contribution < 1.29 is 19.1 Å². The van der Waals surface area contributed by atoms with Crippen LogP contribution in [-0.4, -0.2) is 16.9 Å². The largest absolute Gasteiger partial charge is 0.481 e. The van der Waals surface area contributed by atoms with Crippen LogP contribution in [-0.2, 0) is 4.79 Å². The van der Waals surface area contributed by atoms with Gasteiger partial charge in [0.2, 0.25) is 5.78 Å². The highest BCUT2D eigenvalue weighted by Crippen LogP contribution is 2.20. The highest BCUT2D eigenvalue weighted by Gasteiger charge is 2.20. The molecule has 0 saturated heterocycles. The van der Waals surface area contributed by atoms with Crippen molar-refractivity contribution in [1.82, 2.24) is 0 Å². The van der Waals surface area contributed by atoms with Crippen molar-refractivity contribution >= 4 is 11.8 Å². The maximum atomic E-state index is 12.0. The van der Waals surface area contributed by atoms with Gasteiger partial charge in [-0.15, -0.1) is 0 Å². The van der Waals surface area contributed by atoms with E-state index in [2.05, 4.69) is 0 Å². The minimum absolute atomic E-state index is 0.157. The number of furan rings is 1. The van der Waals surface area contributed by atoms with Crippen LogP contribution in [0.2, 0.25) is 0 Å². The van der Waals surface area contributed by atoms with Gasteiger partial charge in [-0.3, -0.25) is 9.59 Å². The number of rotatable bonds is 4. The van der Waals surface area contributed by atoms with Gasteiger partial charge in [0, 0.05) is 5.56 Å². The van der Waals surface area contributed by atoms with Crippen molar-refractivity contribution in [1.29, 1.82) is 0 Å². The number of hydrogen-bond donors (Lipinski definition) is 1. The van der Waals surface area contributed by atoms with Crippen LogP contribution in [0.4, 0.5) is 0 Å². The Morgan fingerprint density at radius 3 is 2.39 bits per heavy atom. The number of carbonyl (C=O) groups is 2. The van der Waals surface area contributed by atoms with Gasteiger partial charge in [0.1, 0.15) is 11.7 Å². The van der Waals surface area contributed by atoms with E-state index in [0.29, 0.717) is 5.56 Å². The minimum atomic E-state index is -0.983. The minimum Gasteiger partial charge on any atom is -0.481 e. The molecule has 0 bridgehead atoms. The third-order valence-corrected chi connectivity index (χ3v) is 2.68. The summed E-state index contributed by atoms with van der Waals surface area (Å²) < 4.78 is 5.29. The number of carbonyl (C=O) groups excluding carboxylic acids is 1. The van der Waals surface area contributed by atoms with Gasteiger partial charge in [0.05, 0.1) is 0 Å². The van der Waals surface area contributed by atoms with Crippen molar-refractivity contribution in [2.45, 2.75) is 12.8 Å². The number of aliphatic carboxylic acids is 1. The lowest BCUT2D eigenvalue weighted by Crippen LogP contribution is -2.06. The van der Waals surface area contributed by atoms with E-state index in [9.17, 15) is 9.59 Å². The average molecular weight is 244 g/mol. The predicted molar refractivity (Wildman–Crippen MR) is 64.6 cm³/mol. The van der Waals surface area contributed by atoms with E-state index >= 15 is 0 Å². The summed E-state index contributed by atoms with van der Waals surface area (Å²) in [6.07, 6.45) is 0. The SMILES string of the molecule is CC(C(=O)O)c1ccc(C(=O)c2ccccc2)o1. The van der Waals surface area contributed by atoms with Gasteiger partial charge in [-0.2, -0.15) is 0 Å². The summed E-state index contributed by atoms with van der Waals surface area (Å²) in [7, 11) is 0. The molecule has 18 heavy (non-hydrogen) atoms. The number of carboxylic acids is 1. The molecule has 0 fully saturated rings.